The summed E-state index contributed by atoms with van der Waals surface area (Å²) >= 11 is 5.86. The van der Waals surface area contributed by atoms with E-state index in [9.17, 15) is 5.11 Å². The predicted molar refractivity (Wildman–Crippen MR) is 75.1 cm³/mol. The molecule has 0 spiro atoms. The summed E-state index contributed by atoms with van der Waals surface area (Å²) in [6, 6.07) is 5.35. The van der Waals surface area contributed by atoms with Gasteiger partial charge in [-0.25, -0.2) is 0 Å². The first-order valence-corrected chi connectivity index (χ1v) is 7.04. The van der Waals surface area contributed by atoms with Crippen molar-refractivity contribution in [1.82, 2.24) is 10.2 Å². The zero-order chi connectivity index (χ0) is 12.8. The highest BCUT2D eigenvalue weighted by Crippen LogP contribution is 2.23. The summed E-state index contributed by atoms with van der Waals surface area (Å²) in [7, 11) is 0. The number of rotatable bonds is 6. The maximum Gasteiger partial charge on any atom is 0.134 e. The lowest BCUT2D eigenvalue weighted by Gasteiger charge is -2.14. The average molecular weight is 269 g/mol. The quantitative estimate of drug-likeness (QED) is 0.779. The maximum absolute atomic E-state index is 9.32. The number of phenolic OH excluding ortho intramolecular Hbond substituents is 1. The fraction of sp³-hybridized carbons (Fsp3) is 0.571. The first kappa shape index (κ1) is 13.7. The second kappa shape index (κ2) is 6.98. The second-order valence-corrected chi connectivity index (χ2v) is 5.27. The van der Waals surface area contributed by atoms with Gasteiger partial charge in [0.05, 0.1) is 5.02 Å². The Hall–Kier alpha value is -0.770. The highest BCUT2D eigenvalue weighted by molar-refractivity contribution is 6.32. The van der Waals surface area contributed by atoms with Gasteiger partial charge < -0.3 is 15.3 Å². The average Bonchev–Trinajstić information content (AvgIpc) is 2.86. The summed E-state index contributed by atoms with van der Waals surface area (Å²) in [5, 5.41) is 13.1. The Balaban J connectivity index is 1.61. The summed E-state index contributed by atoms with van der Waals surface area (Å²) in [4.78, 5) is 2.53. The van der Waals surface area contributed by atoms with Crippen molar-refractivity contribution in [3.63, 3.8) is 0 Å². The molecule has 100 valence electrons. The van der Waals surface area contributed by atoms with Crippen LogP contribution in [0.1, 0.15) is 24.8 Å². The Morgan fingerprint density at radius 1 is 1.28 bits per heavy atom. The van der Waals surface area contributed by atoms with Gasteiger partial charge in [0.1, 0.15) is 5.75 Å². The molecule has 1 aliphatic rings. The number of hydrogen-bond donors (Lipinski definition) is 2. The molecule has 0 saturated carbocycles. The molecule has 0 aromatic heterocycles. The summed E-state index contributed by atoms with van der Waals surface area (Å²) in [6.45, 7) is 5.57. The molecule has 1 fully saturated rings. The van der Waals surface area contributed by atoms with Crippen molar-refractivity contribution in [2.45, 2.75) is 25.8 Å². The fourth-order valence-electron chi connectivity index (χ4n) is 2.33. The summed E-state index contributed by atoms with van der Waals surface area (Å²) in [5.74, 6) is 0.148. The number of nitrogens with one attached hydrogen (secondary N) is 1. The lowest BCUT2D eigenvalue weighted by molar-refractivity contribution is 0.331. The lowest BCUT2D eigenvalue weighted by atomic mass is 10.2. The van der Waals surface area contributed by atoms with Gasteiger partial charge in [0.2, 0.25) is 0 Å². The molecule has 2 N–H and O–H groups in total. The number of likely N-dealkylation sites (tertiary alicyclic amines) is 1. The SMILES string of the molecule is Oc1ccc(CNCCCN2CCCC2)cc1Cl. The molecule has 1 aromatic rings. The van der Waals surface area contributed by atoms with Crippen molar-refractivity contribution in [2.75, 3.05) is 26.2 Å². The Morgan fingerprint density at radius 2 is 2.06 bits per heavy atom. The molecule has 0 aliphatic carbocycles. The van der Waals surface area contributed by atoms with Crippen molar-refractivity contribution < 1.29 is 5.11 Å². The molecule has 4 heteroatoms. The van der Waals surface area contributed by atoms with Crippen molar-refractivity contribution in [1.29, 1.82) is 0 Å². The van der Waals surface area contributed by atoms with Gasteiger partial charge in [-0.15, -0.1) is 0 Å². The molecule has 1 saturated heterocycles. The van der Waals surface area contributed by atoms with E-state index in [0.717, 1.165) is 18.7 Å². The third-order valence-electron chi connectivity index (χ3n) is 3.37. The summed E-state index contributed by atoms with van der Waals surface area (Å²) < 4.78 is 0. The Morgan fingerprint density at radius 3 is 2.78 bits per heavy atom. The number of nitrogens with zero attached hydrogens (tertiary/aromatic N) is 1. The molecule has 1 aliphatic heterocycles. The minimum Gasteiger partial charge on any atom is -0.506 e. The lowest BCUT2D eigenvalue weighted by Crippen LogP contribution is -2.24. The van der Waals surface area contributed by atoms with Gasteiger partial charge in [-0.3, -0.25) is 0 Å². The van der Waals surface area contributed by atoms with E-state index >= 15 is 0 Å². The van der Waals surface area contributed by atoms with Crippen LogP contribution in [-0.4, -0.2) is 36.2 Å². The molecule has 0 amide bonds. The van der Waals surface area contributed by atoms with Gasteiger partial charge in [-0.2, -0.15) is 0 Å². The second-order valence-electron chi connectivity index (χ2n) is 4.86. The van der Waals surface area contributed by atoms with E-state index in [2.05, 4.69) is 10.2 Å². The van der Waals surface area contributed by atoms with Crippen LogP contribution in [0.15, 0.2) is 18.2 Å². The largest absolute Gasteiger partial charge is 0.506 e. The smallest absolute Gasteiger partial charge is 0.134 e. The zero-order valence-corrected chi connectivity index (χ0v) is 11.4. The standard InChI is InChI=1S/C14H21ClN2O/c15-13-10-12(4-5-14(13)18)11-16-6-3-9-17-7-1-2-8-17/h4-5,10,16,18H,1-3,6-9,11H2. The van der Waals surface area contributed by atoms with Gasteiger partial charge in [0.25, 0.3) is 0 Å². The predicted octanol–water partition coefficient (Wildman–Crippen LogP) is 2.62. The van der Waals surface area contributed by atoms with Crippen LogP contribution >= 0.6 is 11.6 Å². The van der Waals surface area contributed by atoms with Crippen LogP contribution in [0.2, 0.25) is 5.02 Å². The molecule has 3 nitrogen and oxygen atoms in total. The van der Waals surface area contributed by atoms with Gasteiger partial charge in [0.15, 0.2) is 0 Å². The normalized spacial score (nSPS) is 16.3. The van der Waals surface area contributed by atoms with E-state index in [4.69, 9.17) is 11.6 Å². The number of benzene rings is 1. The van der Waals surface area contributed by atoms with Crippen LogP contribution < -0.4 is 5.32 Å². The van der Waals surface area contributed by atoms with E-state index in [1.54, 1.807) is 6.07 Å². The molecule has 0 radical (unpaired) electrons. The molecule has 2 rings (SSSR count). The Kier molecular flexibility index (Phi) is 5.29. The van der Waals surface area contributed by atoms with E-state index in [1.807, 2.05) is 12.1 Å². The molecule has 18 heavy (non-hydrogen) atoms. The summed E-state index contributed by atoms with van der Waals surface area (Å²) in [5.41, 5.74) is 1.11. The summed E-state index contributed by atoms with van der Waals surface area (Å²) in [6.07, 6.45) is 3.91. The van der Waals surface area contributed by atoms with Crippen molar-refractivity contribution in [3.05, 3.63) is 28.8 Å². The number of phenols is 1. The first-order valence-electron chi connectivity index (χ1n) is 6.66. The van der Waals surface area contributed by atoms with Crippen LogP contribution in [0.4, 0.5) is 0 Å². The van der Waals surface area contributed by atoms with Gasteiger partial charge >= 0.3 is 0 Å². The molecular formula is C14H21ClN2O. The van der Waals surface area contributed by atoms with E-state index in [1.165, 1.54) is 38.9 Å². The topological polar surface area (TPSA) is 35.5 Å². The van der Waals surface area contributed by atoms with Gasteiger partial charge in [-0.1, -0.05) is 17.7 Å². The van der Waals surface area contributed by atoms with Crippen LogP contribution in [0.25, 0.3) is 0 Å². The fourth-order valence-corrected chi connectivity index (χ4v) is 2.53. The Bertz CT molecular complexity index is 378. The molecule has 0 atom stereocenters. The van der Waals surface area contributed by atoms with Crippen LogP contribution in [0.5, 0.6) is 5.75 Å². The molecule has 0 unspecified atom stereocenters. The van der Waals surface area contributed by atoms with Crippen LogP contribution in [0, 0.1) is 0 Å². The van der Waals surface area contributed by atoms with E-state index in [-0.39, 0.29) is 5.75 Å². The number of hydrogen-bond acceptors (Lipinski definition) is 3. The van der Waals surface area contributed by atoms with Crippen molar-refractivity contribution >= 4 is 11.6 Å². The number of aromatic hydroxyl groups is 1. The zero-order valence-electron chi connectivity index (χ0n) is 10.7. The van der Waals surface area contributed by atoms with Crippen molar-refractivity contribution in [2.24, 2.45) is 0 Å². The third kappa shape index (κ3) is 4.16. The van der Waals surface area contributed by atoms with Gasteiger partial charge in [0, 0.05) is 6.54 Å². The molecule has 1 aromatic carbocycles. The van der Waals surface area contributed by atoms with E-state index in [0.29, 0.717) is 5.02 Å². The third-order valence-corrected chi connectivity index (χ3v) is 3.67. The highest BCUT2D eigenvalue weighted by Gasteiger charge is 2.09. The minimum atomic E-state index is 0.148. The Labute approximate surface area is 114 Å². The highest BCUT2D eigenvalue weighted by atomic mass is 35.5. The maximum atomic E-state index is 9.32. The number of halogens is 1. The minimum absolute atomic E-state index is 0.148. The first-order chi connectivity index (χ1) is 8.75. The van der Waals surface area contributed by atoms with Crippen LogP contribution in [0.3, 0.4) is 0 Å². The van der Waals surface area contributed by atoms with E-state index < -0.39 is 0 Å². The molecule has 0 bridgehead atoms. The van der Waals surface area contributed by atoms with Crippen molar-refractivity contribution in [3.8, 4) is 5.75 Å². The molecular weight excluding hydrogens is 248 g/mol. The van der Waals surface area contributed by atoms with Gasteiger partial charge in [-0.05, 0) is 63.1 Å². The van der Waals surface area contributed by atoms with Crippen LogP contribution in [-0.2, 0) is 6.54 Å². The molecule has 1 heterocycles. The monoisotopic (exact) mass is 268 g/mol.